The molecule has 2 heterocycles. The van der Waals surface area contributed by atoms with Gasteiger partial charge >= 0.3 is 6.09 Å². The fraction of sp³-hybridized carbons (Fsp3) is 0.517. The molecule has 2 aromatic rings. The van der Waals surface area contributed by atoms with E-state index in [-0.39, 0.29) is 12.3 Å². The average Bonchev–Trinajstić information content (AvgIpc) is 3.26. The van der Waals surface area contributed by atoms with Crippen molar-refractivity contribution in [2.24, 2.45) is 5.92 Å². The Hall–Kier alpha value is -4.42. The zero-order valence-electron chi connectivity index (χ0n) is 25.0. The minimum absolute atomic E-state index is 0.0441. The van der Waals surface area contributed by atoms with Crippen LogP contribution in [0.1, 0.15) is 54.0 Å². The van der Waals surface area contributed by atoms with Crippen LogP contribution in [0.3, 0.4) is 0 Å². The van der Waals surface area contributed by atoms with Crippen molar-refractivity contribution < 1.29 is 33.5 Å². The van der Waals surface area contributed by atoms with Crippen molar-refractivity contribution in [3.63, 3.8) is 0 Å². The monoisotopic (exact) mass is 584 g/mol. The standard InChI is InChI=1S/C29H40N6O7/c1-15(2)23-27(40)32-17(4)25(38)33-20(26(39)31-16(3)24(37)30-13-22(36)34-23)12-18-14-35(28(41)42-29(5,6)7)21-11-9-8-10-19(18)21/h8-11,14-17,20,23H,12-13H2,1-7H3,(H,30,37)(H,31,39)(H,32,40)(H,33,38)(H,34,36)/t16-,17-,20-,23-/m0/s1. The minimum Gasteiger partial charge on any atom is -0.443 e. The number of hydrogen-bond donors (Lipinski definition) is 5. The molecule has 0 unspecified atom stereocenters. The Balaban J connectivity index is 1.97. The van der Waals surface area contributed by atoms with Gasteiger partial charge in [0.15, 0.2) is 0 Å². The predicted octanol–water partition coefficient (Wildman–Crippen LogP) is 0.732. The maximum atomic E-state index is 13.4. The lowest BCUT2D eigenvalue weighted by molar-refractivity contribution is -0.133. The first kappa shape index (κ1) is 32.1. The van der Waals surface area contributed by atoms with E-state index in [1.54, 1.807) is 65.1 Å². The van der Waals surface area contributed by atoms with Crippen molar-refractivity contribution in [1.29, 1.82) is 0 Å². The topological polar surface area (TPSA) is 177 Å². The highest BCUT2D eigenvalue weighted by molar-refractivity contribution is 5.98. The van der Waals surface area contributed by atoms with Gasteiger partial charge in [-0.15, -0.1) is 0 Å². The van der Waals surface area contributed by atoms with Crippen LogP contribution in [-0.2, 0) is 35.1 Å². The van der Waals surface area contributed by atoms with Crippen LogP contribution in [0.4, 0.5) is 4.79 Å². The van der Waals surface area contributed by atoms with Crippen molar-refractivity contribution in [3.8, 4) is 0 Å². The second-order valence-corrected chi connectivity index (χ2v) is 11.8. The normalized spacial score (nSPS) is 23.2. The van der Waals surface area contributed by atoms with E-state index in [0.29, 0.717) is 16.5 Å². The van der Waals surface area contributed by atoms with E-state index in [4.69, 9.17) is 4.74 Å². The third-order valence-corrected chi connectivity index (χ3v) is 6.63. The number of ether oxygens (including phenoxy) is 1. The molecule has 5 amide bonds. The summed E-state index contributed by atoms with van der Waals surface area (Å²) >= 11 is 0. The number of fused-ring (bicyclic) bond motifs is 1. The molecule has 0 aliphatic carbocycles. The van der Waals surface area contributed by atoms with E-state index >= 15 is 0 Å². The van der Waals surface area contributed by atoms with E-state index in [1.807, 2.05) is 0 Å². The van der Waals surface area contributed by atoms with Crippen molar-refractivity contribution in [2.45, 2.75) is 84.7 Å². The Labute approximate surface area is 244 Å². The molecule has 0 bridgehead atoms. The summed E-state index contributed by atoms with van der Waals surface area (Å²) in [4.78, 5) is 77.6. The molecule has 0 saturated carbocycles. The molecular formula is C29H40N6O7. The second-order valence-electron chi connectivity index (χ2n) is 11.8. The number of carbonyl (C=O) groups is 6. The molecule has 0 radical (unpaired) electrons. The smallest absolute Gasteiger partial charge is 0.419 e. The summed E-state index contributed by atoms with van der Waals surface area (Å²) in [6.07, 6.45) is 0.905. The Bertz CT molecular complexity index is 1380. The number of nitrogens with one attached hydrogen (secondary N) is 5. The zero-order chi connectivity index (χ0) is 31.4. The Morgan fingerprint density at radius 2 is 1.52 bits per heavy atom. The van der Waals surface area contributed by atoms with Crippen molar-refractivity contribution in [2.75, 3.05) is 6.54 Å². The van der Waals surface area contributed by atoms with Gasteiger partial charge in [0.1, 0.15) is 29.8 Å². The van der Waals surface area contributed by atoms with E-state index in [9.17, 15) is 28.8 Å². The third-order valence-electron chi connectivity index (χ3n) is 6.63. The number of carbonyl (C=O) groups excluding carboxylic acids is 6. The fourth-order valence-corrected chi connectivity index (χ4v) is 4.43. The van der Waals surface area contributed by atoms with Crippen LogP contribution in [0.5, 0.6) is 0 Å². The summed E-state index contributed by atoms with van der Waals surface area (Å²) in [5, 5.41) is 13.5. The van der Waals surface area contributed by atoms with E-state index in [2.05, 4.69) is 26.6 Å². The van der Waals surface area contributed by atoms with Gasteiger partial charge in [-0.3, -0.25) is 28.5 Å². The molecule has 1 aromatic heterocycles. The van der Waals surface area contributed by atoms with Gasteiger partial charge in [-0.05, 0) is 52.2 Å². The minimum atomic E-state index is -1.18. The average molecular weight is 585 g/mol. The first-order chi connectivity index (χ1) is 19.6. The number of amides is 5. The Morgan fingerprint density at radius 3 is 2.17 bits per heavy atom. The van der Waals surface area contributed by atoms with E-state index in [0.717, 1.165) is 0 Å². The van der Waals surface area contributed by atoms with Gasteiger partial charge in [0.05, 0.1) is 12.1 Å². The van der Waals surface area contributed by atoms with E-state index in [1.165, 1.54) is 18.4 Å². The van der Waals surface area contributed by atoms with Gasteiger partial charge < -0.3 is 31.3 Å². The first-order valence-electron chi connectivity index (χ1n) is 13.9. The highest BCUT2D eigenvalue weighted by Gasteiger charge is 2.32. The lowest BCUT2D eigenvalue weighted by Gasteiger charge is -2.25. The SMILES string of the molecule is CC(C)[C@@H]1NC(=O)CNC(=O)[C@H](C)NC(=O)[C@H](Cc2cn(C(=O)OC(C)(C)C)c3ccccc23)NC(=O)[C@H](C)NC1=O. The summed E-state index contributed by atoms with van der Waals surface area (Å²) in [7, 11) is 0. The molecule has 1 aliphatic heterocycles. The summed E-state index contributed by atoms with van der Waals surface area (Å²) in [6.45, 7) is 11.2. The highest BCUT2D eigenvalue weighted by Crippen LogP contribution is 2.24. The Kier molecular flexibility index (Phi) is 9.97. The molecule has 1 aliphatic rings. The van der Waals surface area contributed by atoms with Crippen molar-refractivity contribution >= 4 is 46.5 Å². The van der Waals surface area contributed by atoms with Gasteiger partial charge in [-0.2, -0.15) is 0 Å². The number of hydrogen-bond acceptors (Lipinski definition) is 7. The fourth-order valence-electron chi connectivity index (χ4n) is 4.43. The molecule has 1 fully saturated rings. The van der Waals surface area contributed by atoms with E-state index < -0.39 is 71.9 Å². The van der Waals surface area contributed by atoms with Crippen LogP contribution >= 0.6 is 0 Å². The van der Waals surface area contributed by atoms with Gasteiger partial charge in [-0.25, -0.2) is 4.79 Å². The molecule has 13 heteroatoms. The molecule has 1 saturated heterocycles. The molecule has 5 N–H and O–H groups in total. The van der Waals surface area contributed by atoms with Gasteiger partial charge in [0.25, 0.3) is 0 Å². The van der Waals surface area contributed by atoms with Gasteiger partial charge in [0.2, 0.25) is 29.5 Å². The van der Waals surface area contributed by atoms with Crippen molar-refractivity contribution in [3.05, 3.63) is 36.0 Å². The predicted molar refractivity (Wildman–Crippen MR) is 154 cm³/mol. The van der Waals surface area contributed by atoms with Crippen LogP contribution in [0, 0.1) is 5.92 Å². The zero-order valence-corrected chi connectivity index (χ0v) is 25.0. The molecule has 0 spiro atoms. The largest absolute Gasteiger partial charge is 0.443 e. The Morgan fingerprint density at radius 1 is 0.905 bits per heavy atom. The van der Waals surface area contributed by atoms with Gasteiger partial charge in [-0.1, -0.05) is 32.0 Å². The quantitative estimate of drug-likeness (QED) is 0.353. The highest BCUT2D eigenvalue weighted by atomic mass is 16.6. The molecule has 13 nitrogen and oxygen atoms in total. The first-order valence-corrected chi connectivity index (χ1v) is 13.9. The maximum Gasteiger partial charge on any atom is 0.419 e. The molecular weight excluding hydrogens is 544 g/mol. The van der Waals surface area contributed by atoms with Crippen molar-refractivity contribution in [1.82, 2.24) is 31.2 Å². The number of para-hydroxylation sites is 1. The molecule has 3 rings (SSSR count). The molecule has 42 heavy (non-hydrogen) atoms. The number of rotatable bonds is 3. The molecule has 4 atom stereocenters. The summed E-state index contributed by atoms with van der Waals surface area (Å²) < 4.78 is 6.89. The van der Waals surface area contributed by atoms with Crippen LogP contribution in [0.25, 0.3) is 10.9 Å². The molecule has 1 aromatic carbocycles. The van der Waals surface area contributed by atoms with Crippen LogP contribution in [-0.4, -0.2) is 76.5 Å². The molecule has 228 valence electrons. The summed E-state index contributed by atoms with van der Waals surface area (Å²) in [6, 6.07) is 2.82. The number of aromatic nitrogens is 1. The van der Waals surface area contributed by atoms with Crippen LogP contribution < -0.4 is 26.6 Å². The van der Waals surface area contributed by atoms with Crippen LogP contribution in [0.15, 0.2) is 30.5 Å². The number of benzene rings is 1. The second kappa shape index (κ2) is 13.0. The lowest BCUT2D eigenvalue weighted by Crippen LogP contribution is -2.57. The summed E-state index contributed by atoms with van der Waals surface area (Å²) in [5.41, 5.74) is 0.376. The van der Waals surface area contributed by atoms with Gasteiger partial charge in [0, 0.05) is 18.0 Å². The summed E-state index contributed by atoms with van der Waals surface area (Å²) in [5.74, 6) is -3.44. The van der Waals surface area contributed by atoms with Crippen LogP contribution in [0.2, 0.25) is 0 Å². The third kappa shape index (κ3) is 8.08. The lowest BCUT2D eigenvalue weighted by atomic mass is 10.0. The number of nitrogens with zero attached hydrogens (tertiary/aromatic N) is 1. The maximum absolute atomic E-state index is 13.4.